The van der Waals surface area contributed by atoms with Crippen LogP contribution in [0, 0.1) is 5.92 Å². The quantitative estimate of drug-likeness (QED) is 0.793. The third-order valence-corrected chi connectivity index (χ3v) is 4.54. The maximum Gasteiger partial charge on any atom is 0.335 e. The van der Waals surface area contributed by atoms with Gasteiger partial charge in [0.15, 0.2) is 5.12 Å². The molecule has 0 spiro atoms. The zero-order valence-corrected chi connectivity index (χ0v) is 14.6. The van der Waals surface area contributed by atoms with Gasteiger partial charge in [-0.1, -0.05) is 48.2 Å². The fourth-order valence-electron chi connectivity index (χ4n) is 2.32. The Morgan fingerprint density at radius 2 is 1.80 bits per heavy atom. The first-order valence-corrected chi connectivity index (χ1v) is 8.76. The van der Waals surface area contributed by atoms with Crippen LogP contribution in [0.4, 0.5) is 5.69 Å². The number of carbonyl (C=O) groups excluding carboxylic acids is 2. The minimum absolute atomic E-state index is 0.0428. The molecule has 2 rings (SSSR count). The molecule has 0 aromatic heterocycles. The lowest BCUT2D eigenvalue weighted by Gasteiger charge is -2.16. The summed E-state index contributed by atoms with van der Waals surface area (Å²) < 4.78 is 0. The molecular formula is C19H19NO4S. The van der Waals surface area contributed by atoms with Crippen molar-refractivity contribution in [2.24, 2.45) is 5.92 Å². The fourth-order valence-corrected chi connectivity index (χ4v) is 3.02. The number of carboxylic acid groups (broad SMARTS) is 1. The third kappa shape index (κ3) is 6.08. The summed E-state index contributed by atoms with van der Waals surface area (Å²) in [4.78, 5) is 34.9. The number of nitrogens with one attached hydrogen (secondary N) is 1. The van der Waals surface area contributed by atoms with Gasteiger partial charge in [0.2, 0.25) is 5.91 Å². The molecule has 2 aromatic carbocycles. The van der Waals surface area contributed by atoms with E-state index in [2.05, 4.69) is 5.32 Å². The Balaban J connectivity index is 2.12. The molecule has 1 amide bonds. The molecule has 0 heterocycles. The van der Waals surface area contributed by atoms with Gasteiger partial charge < -0.3 is 10.4 Å². The van der Waals surface area contributed by atoms with Crippen LogP contribution in [0.2, 0.25) is 0 Å². The van der Waals surface area contributed by atoms with Gasteiger partial charge in [-0.05, 0) is 30.2 Å². The molecule has 0 aliphatic rings. The first kappa shape index (κ1) is 18.7. The van der Waals surface area contributed by atoms with Gasteiger partial charge in [-0.2, -0.15) is 0 Å². The Morgan fingerprint density at radius 1 is 1.08 bits per heavy atom. The average Bonchev–Trinajstić information content (AvgIpc) is 2.59. The molecule has 2 aromatic rings. The van der Waals surface area contributed by atoms with Crippen LogP contribution in [0.1, 0.15) is 22.8 Å². The minimum Gasteiger partial charge on any atom is -0.478 e. The molecular weight excluding hydrogens is 338 g/mol. The molecule has 0 aliphatic carbocycles. The van der Waals surface area contributed by atoms with Crippen LogP contribution in [0.15, 0.2) is 54.6 Å². The predicted molar refractivity (Wildman–Crippen MR) is 98.8 cm³/mol. The van der Waals surface area contributed by atoms with E-state index in [1.807, 2.05) is 30.3 Å². The summed E-state index contributed by atoms with van der Waals surface area (Å²) in [5.74, 6) is -1.32. The van der Waals surface area contributed by atoms with E-state index in [0.717, 1.165) is 17.3 Å². The number of aromatic carboxylic acids is 1. The Kier molecular flexibility index (Phi) is 6.77. The predicted octanol–water partition coefficient (Wildman–Crippen LogP) is 3.46. The van der Waals surface area contributed by atoms with Crippen molar-refractivity contribution in [1.82, 2.24) is 0 Å². The average molecular weight is 357 g/mol. The number of anilines is 1. The SMILES string of the molecule is CC(=O)SCC(Cc1ccccc1)C(=O)Nc1cccc(C(=O)O)c1. The second kappa shape index (κ2) is 9.03. The van der Waals surface area contributed by atoms with Gasteiger partial charge in [-0.25, -0.2) is 4.79 Å². The second-order valence-electron chi connectivity index (χ2n) is 5.56. The summed E-state index contributed by atoms with van der Waals surface area (Å²) in [7, 11) is 0. The molecule has 130 valence electrons. The normalized spacial score (nSPS) is 11.6. The molecule has 25 heavy (non-hydrogen) atoms. The summed E-state index contributed by atoms with van der Waals surface area (Å²) in [6, 6.07) is 15.7. The Hall–Kier alpha value is -2.60. The highest BCUT2D eigenvalue weighted by Crippen LogP contribution is 2.19. The van der Waals surface area contributed by atoms with Crippen LogP contribution >= 0.6 is 11.8 Å². The number of hydrogen-bond acceptors (Lipinski definition) is 4. The molecule has 2 N–H and O–H groups in total. The van der Waals surface area contributed by atoms with E-state index in [1.54, 1.807) is 12.1 Å². The topological polar surface area (TPSA) is 83.5 Å². The molecule has 0 radical (unpaired) electrons. The molecule has 0 saturated carbocycles. The molecule has 0 bridgehead atoms. The number of amides is 1. The molecule has 0 fully saturated rings. The molecule has 6 heteroatoms. The maximum atomic E-state index is 12.6. The lowest BCUT2D eigenvalue weighted by molar-refractivity contribution is -0.119. The zero-order chi connectivity index (χ0) is 18.2. The van der Waals surface area contributed by atoms with Gasteiger partial charge in [0.1, 0.15) is 0 Å². The molecule has 1 unspecified atom stereocenters. The number of hydrogen-bond donors (Lipinski definition) is 2. The van der Waals surface area contributed by atoms with Crippen molar-refractivity contribution in [1.29, 1.82) is 0 Å². The number of thioether (sulfide) groups is 1. The number of rotatable bonds is 7. The first-order chi connectivity index (χ1) is 12.0. The lowest BCUT2D eigenvalue weighted by atomic mass is 10.00. The maximum absolute atomic E-state index is 12.6. The highest BCUT2D eigenvalue weighted by atomic mass is 32.2. The summed E-state index contributed by atoms with van der Waals surface area (Å²) in [6.45, 7) is 1.47. The van der Waals surface area contributed by atoms with E-state index < -0.39 is 11.9 Å². The van der Waals surface area contributed by atoms with Crippen molar-refractivity contribution in [2.75, 3.05) is 11.1 Å². The largest absolute Gasteiger partial charge is 0.478 e. The number of carboxylic acids is 1. The Labute approximate surface area is 150 Å². The van der Waals surface area contributed by atoms with Crippen molar-refractivity contribution in [3.63, 3.8) is 0 Å². The third-order valence-electron chi connectivity index (χ3n) is 3.56. The van der Waals surface area contributed by atoms with Crippen LogP contribution in [0.5, 0.6) is 0 Å². The van der Waals surface area contributed by atoms with Crippen LogP contribution < -0.4 is 5.32 Å². The highest BCUT2D eigenvalue weighted by Gasteiger charge is 2.20. The minimum atomic E-state index is -1.05. The smallest absolute Gasteiger partial charge is 0.335 e. The highest BCUT2D eigenvalue weighted by molar-refractivity contribution is 8.13. The first-order valence-electron chi connectivity index (χ1n) is 7.77. The Morgan fingerprint density at radius 3 is 2.44 bits per heavy atom. The van der Waals surface area contributed by atoms with Gasteiger partial charge in [0, 0.05) is 18.4 Å². The van der Waals surface area contributed by atoms with Crippen molar-refractivity contribution < 1.29 is 19.5 Å². The van der Waals surface area contributed by atoms with E-state index in [0.29, 0.717) is 17.9 Å². The van der Waals surface area contributed by atoms with Gasteiger partial charge >= 0.3 is 5.97 Å². The van der Waals surface area contributed by atoms with Gasteiger partial charge in [-0.15, -0.1) is 0 Å². The van der Waals surface area contributed by atoms with Crippen molar-refractivity contribution in [2.45, 2.75) is 13.3 Å². The van der Waals surface area contributed by atoms with E-state index in [-0.39, 0.29) is 16.6 Å². The summed E-state index contributed by atoms with van der Waals surface area (Å²) in [5.41, 5.74) is 1.54. The summed E-state index contributed by atoms with van der Waals surface area (Å²) in [6.07, 6.45) is 0.506. The van der Waals surface area contributed by atoms with Gasteiger partial charge in [0.25, 0.3) is 0 Å². The Bertz CT molecular complexity index is 761. The van der Waals surface area contributed by atoms with E-state index in [1.165, 1.54) is 19.1 Å². The number of benzene rings is 2. The lowest BCUT2D eigenvalue weighted by Crippen LogP contribution is -2.27. The van der Waals surface area contributed by atoms with Crippen molar-refractivity contribution in [3.05, 3.63) is 65.7 Å². The molecule has 5 nitrogen and oxygen atoms in total. The van der Waals surface area contributed by atoms with E-state index >= 15 is 0 Å². The molecule has 0 aliphatic heterocycles. The molecule has 1 atom stereocenters. The van der Waals surface area contributed by atoms with Crippen molar-refractivity contribution >= 4 is 34.4 Å². The number of carbonyl (C=O) groups is 3. The monoisotopic (exact) mass is 357 g/mol. The second-order valence-corrected chi connectivity index (χ2v) is 6.76. The summed E-state index contributed by atoms with van der Waals surface area (Å²) in [5, 5.41) is 11.8. The van der Waals surface area contributed by atoms with E-state index in [9.17, 15) is 14.4 Å². The zero-order valence-electron chi connectivity index (χ0n) is 13.8. The van der Waals surface area contributed by atoms with Crippen LogP contribution in [-0.2, 0) is 16.0 Å². The summed E-state index contributed by atoms with van der Waals surface area (Å²) >= 11 is 1.11. The van der Waals surface area contributed by atoms with Crippen LogP contribution in [0.25, 0.3) is 0 Å². The molecule has 0 saturated heterocycles. The van der Waals surface area contributed by atoms with E-state index in [4.69, 9.17) is 5.11 Å². The fraction of sp³-hybridized carbons (Fsp3) is 0.211. The van der Waals surface area contributed by atoms with Gasteiger partial charge in [0.05, 0.1) is 11.5 Å². The van der Waals surface area contributed by atoms with Crippen molar-refractivity contribution in [3.8, 4) is 0 Å². The van der Waals surface area contributed by atoms with Crippen LogP contribution in [-0.4, -0.2) is 27.9 Å². The van der Waals surface area contributed by atoms with Crippen LogP contribution in [0.3, 0.4) is 0 Å². The standard InChI is InChI=1S/C19H19NO4S/c1-13(21)25-12-16(10-14-6-3-2-4-7-14)18(22)20-17-9-5-8-15(11-17)19(23)24/h2-9,11,16H,10,12H2,1H3,(H,20,22)(H,23,24). The van der Waals surface area contributed by atoms with Gasteiger partial charge in [-0.3, -0.25) is 9.59 Å².